The third-order valence-electron chi connectivity index (χ3n) is 10.4. The molecule has 0 amide bonds. The van der Waals surface area contributed by atoms with Gasteiger partial charge in [0.25, 0.3) is 0 Å². The lowest BCUT2D eigenvalue weighted by atomic mass is 9.62. The molecule has 3 aromatic carbocycles. The van der Waals surface area contributed by atoms with E-state index in [-0.39, 0.29) is 5.92 Å². The fourth-order valence-electron chi connectivity index (χ4n) is 8.28. The maximum Gasteiger partial charge on any atom is 0.137 e. The van der Waals surface area contributed by atoms with Gasteiger partial charge in [-0.15, -0.1) is 0 Å². The summed E-state index contributed by atoms with van der Waals surface area (Å²) >= 11 is 0. The molecule has 0 radical (unpaired) electrons. The zero-order chi connectivity index (χ0) is 29.7. The van der Waals surface area contributed by atoms with Gasteiger partial charge in [0.05, 0.1) is 5.69 Å². The van der Waals surface area contributed by atoms with Crippen molar-refractivity contribution in [3.63, 3.8) is 0 Å². The molecule has 0 bridgehead atoms. The summed E-state index contributed by atoms with van der Waals surface area (Å²) in [6.45, 7) is 0. The van der Waals surface area contributed by atoms with Gasteiger partial charge in [-0.2, -0.15) is 0 Å². The third-order valence-corrected chi connectivity index (χ3v) is 10.4. The third kappa shape index (κ3) is 4.59. The maximum atomic E-state index is 5.05. The van der Waals surface area contributed by atoms with Gasteiger partial charge in [0.1, 0.15) is 5.65 Å². The second-order valence-electron chi connectivity index (χ2n) is 13.0. The van der Waals surface area contributed by atoms with Gasteiger partial charge in [0, 0.05) is 30.1 Å². The lowest BCUT2D eigenvalue weighted by Crippen LogP contribution is -2.31. The SMILES string of the molecule is C1=CC2=C(C3C=c4ccccc4=CC3)c3ccccc3C(C3=CCC(c4cn5cc(-c6ccccc6)ccc5n4)C=C3)C2CC1. The summed E-state index contributed by atoms with van der Waals surface area (Å²) in [5, 5.41) is 2.73. The molecular formula is C43H36N2. The standard InChI is InChI=1S/C43H36N2/c1-2-10-29(11-3-1)35-24-25-41-44-40(28-45(41)27-35)31-19-21-32(22-20-31)42-36-14-6-8-16-38(36)43(39-17-9-7-15-37(39)42)34-23-18-30-12-4-5-13-33(30)26-34/h1-6,8-14,16-19,21-22,24-28,31,34,37,42H,7,15,20,23H2. The second-order valence-corrected chi connectivity index (χ2v) is 13.0. The van der Waals surface area contributed by atoms with E-state index in [0.717, 1.165) is 30.6 Å². The van der Waals surface area contributed by atoms with E-state index >= 15 is 0 Å². The molecule has 0 spiro atoms. The molecule has 218 valence electrons. The number of allylic oxidation sites excluding steroid dienone is 8. The van der Waals surface area contributed by atoms with Gasteiger partial charge in [0.15, 0.2) is 0 Å². The lowest BCUT2D eigenvalue weighted by molar-refractivity contribution is 0.489. The predicted octanol–water partition coefficient (Wildman–Crippen LogP) is 8.77. The molecule has 4 aliphatic rings. The Labute approximate surface area is 264 Å². The van der Waals surface area contributed by atoms with Crippen LogP contribution in [0.5, 0.6) is 0 Å². The summed E-state index contributed by atoms with van der Waals surface area (Å²) < 4.78 is 2.19. The Hall–Kier alpha value is -4.95. The first-order valence-corrected chi connectivity index (χ1v) is 16.5. The van der Waals surface area contributed by atoms with Gasteiger partial charge in [-0.25, -0.2) is 4.98 Å². The van der Waals surface area contributed by atoms with Crippen molar-refractivity contribution < 1.29 is 0 Å². The van der Waals surface area contributed by atoms with Gasteiger partial charge in [-0.3, -0.25) is 0 Å². The van der Waals surface area contributed by atoms with Gasteiger partial charge in [-0.05, 0) is 93.1 Å². The molecule has 4 unspecified atom stereocenters. The van der Waals surface area contributed by atoms with E-state index in [1.165, 1.54) is 44.7 Å². The van der Waals surface area contributed by atoms with Crippen LogP contribution in [0.25, 0.3) is 34.5 Å². The molecule has 5 aromatic rings. The predicted molar refractivity (Wildman–Crippen MR) is 186 cm³/mol. The van der Waals surface area contributed by atoms with Crippen molar-refractivity contribution in [2.24, 2.45) is 11.8 Å². The summed E-state index contributed by atoms with van der Waals surface area (Å²) in [5.74, 6) is 1.58. The highest BCUT2D eigenvalue weighted by Crippen LogP contribution is 2.53. The van der Waals surface area contributed by atoms with E-state index in [0.29, 0.717) is 17.8 Å². The first kappa shape index (κ1) is 26.5. The van der Waals surface area contributed by atoms with Crippen LogP contribution in [0.3, 0.4) is 0 Å². The van der Waals surface area contributed by atoms with Gasteiger partial charge in [0.2, 0.25) is 0 Å². The molecule has 0 saturated heterocycles. The molecule has 2 heterocycles. The van der Waals surface area contributed by atoms with Crippen molar-refractivity contribution in [3.8, 4) is 11.1 Å². The molecule has 2 aromatic heterocycles. The molecule has 0 saturated carbocycles. The molecule has 9 rings (SSSR count). The van der Waals surface area contributed by atoms with Crippen LogP contribution in [0.4, 0.5) is 0 Å². The van der Waals surface area contributed by atoms with E-state index in [4.69, 9.17) is 4.98 Å². The van der Waals surface area contributed by atoms with Crippen LogP contribution in [0.15, 0.2) is 145 Å². The summed E-state index contributed by atoms with van der Waals surface area (Å²) in [6.07, 6.45) is 26.0. The number of fused-ring (bicyclic) bond motifs is 4. The number of rotatable bonds is 4. The molecule has 0 N–H and O–H groups in total. The Kier molecular flexibility index (Phi) is 6.40. The molecule has 4 atom stereocenters. The Morgan fingerprint density at radius 1 is 0.689 bits per heavy atom. The number of imidazole rings is 1. The number of benzene rings is 3. The van der Waals surface area contributed by atoms with Crippen LogP contribution in [-0.2, 0) is 0 Å². The monoisotopic (exact) mass is 580 g/mol. The van der Waals surface area contributed by atoms with Crippen LogP contribution >= 0.6 is 0 Å². The van der Waals surface area contributed by atoms with Crippen LogP contribution < -0.4 is 10.4 Å². The van der Waals surface area contributed by atoms with Crippen LogP contribution in [0, 0.1) is 11.8 Å². The fourth-order valence-corrected chi connectivity index (χ4v) is 8.28. The maximum absolute atomic E-state index is 5.05. The zero-order valence-electron chi connectivity index (χ0n) is 25.4. The minimum absolute atomic E-state index is 0.289. The largest absolute Gasteiger partial charge is 0.306 e. The van der Waals surface area contributed by atoms with Crippen molar-refractivity contribution in [1.29, 1.82) is 0 Å². The Morgan fingerprint density at radius 2 is 1.51 bits per heavy atom. The Bertz CT molecular complexity index is 2190. The average molecular weight is 581 g/mol. The van der Waals surface area contributed by atoms with E-state index in [2.05, 4.69) is 150 Å². The summed E-state index contributed by atoms with van der Waals surface area (Å²) in [7, 11) is 0. The topological polar surface area (TPSA) is 17.3 Å². The number of hydrogen-bond donors (Lipinski definition) is 0. The van der Waals surface area contributed by atoms with Crippen molar-refractivity contribution in [3.05, 3.63) is 172 Å². The van der Waals surface area contributed by atoms with Gasteiger partial charge >= 0.3 is 0 Å². The van der Waals surface area contributed by atoms with Gasteiger partial charge in [-0.1, -0.05) is 121 Å². The van der Waals surface area contributed by atoms with Gasteiger partial charge < -0.3 is 4.40 Å². The second kappa shape index (κ2) is 10.9. The van der Waals surface area contributed by atoms with Crippen molar-refractivity contribution in [2.75, 3.05) is 0 Å². The number of pyridine rings is 1. The van der Waals surface area contributed by atoms with Crippen LogP contribution in [0.2, 0.25) is 0 Å². The van der Waals surface area contributed by atoms with Crippen molar-refractivity contribution >= 4 is 23.4 Å². The summed E-state index contributed by atoms with van der Waals surface area (Å²) in [4.78, 5) is 5.05. The van der Waals surface area contributed by atoms with Crippen LogP contribution in [-0.4, -0.2) is 9.38 Å². The summed E-state index contributed by atoms with van der Waals surface area (Å²) in [5.41, 5.74) is 12.1. The van der Waals surface area contributed by atoms with Crippen LogP contribution in [0.1, 0.15) is 54.3 Å². The Balaban J connectivity index is 1.05. The average Bonchev–Trinajstić information content (AvgIpc) is 3.54. The molecule has 45 heavy (non-hydrogen) atoms. The molecule has 4 aliphatic carbocycles. The molecular weight excluding hydrogens is 544 g/mol. The van der Waals surface area contributed by atoms with Crippen molar-refractivity contribution in [2.45, 2.75) is 37.5 Å². The Morgan fingerprint density at radius 3 is 2.40 bits per heavy atom. The first-order chi connectivity index (χ1) is 22.3. The van der Waals surface area contributed by atoms with E-state index in [1.54, 1.807) is 11.1 Å². The molecule has 0 fully saturated rings. The minimum atomic E-state index is 0.289. The highest BCUT2D eigenvalue weighted by Gasteiger charge is 2.38. The van der Waals surface area contributed by atoms with E-state index in [9.17, 15) is 0 Å². The van der Waals surface area contributed by atoms with E-state index in [1.807, 2.05) is 0 Å². The fraction of sp³-hybridized carbons (Fsp3) is 0.186. The number of nitrogens with zero attached hydrogens (tertiary/aromatic N) is 2. The lowest BCUT2D eigenvalue weighted by Gasteiger charge is -2.41. The zero-order valence-corrected chi connectivity index (χ0v) is 25.4. The number of aromatic nitrogens is 2. The quantitative estimate of drug-likeness (QED) is 0.208. The molecule has 2 nitrogen and oxygen atoms in total. The normalized spacial score (nSPS) is 23.4. The molecule has 0 aliphatic heterocycles. The highest BCUT2D eigenvalue weighted by atomic mass is 15.0. The summed E-state index contributed by atoms with van der Waals surface area (Å²) in [6, 6.07) is 33.0. The molecule has 2 heteroatoms. The smallest absolute Gasteiger partial charge is 0.137 e. The minimum Gasteiger partial charge on any atom is -0.306 e. The van der Waals surface area contributed by atoms with E-state index < -0.39 is 0 Å². The number of hydrogen-bond acceptors (Lipinski definition) is 1. The van der Waals surface area contributed by atoms with Crippen molar-refractivity contribution in [1.82, 2.24) is 9.38 Å². The highest BCUT2D eigenvalue weighted by molar-refractivity contribution is 5.83. The first-order valence-electron chi connectivity index (χ1n) is 16.5.